The summed E-state index contributed by atoms with van der Waals surface area (Å²) in [5.41, 5.74) is 10.0. The first-order valence-electron chi connectivity index (χ1n) is 6.98. The molecule has 0 aromatic heterocycles. The van der Waals surface area contributed by atoms with E-state index in [4.69, 9.17) is 15.2 Å². The first kappa shape index (κ1) is 14.3. The average Bonchev–Trinajstić information content (AvgIpc) is 2.95. The topological polar surface area (TPSA) is 44.5 Å². The third-order valence-electron chi connectivity index (χ3n) is 3.73. The van der Waals surface area contributed by atoms with Gasteiger partial charge in [-0.3, -0.25) is 0 Å². The number of rotatable bonds is 4. The third kappa shape index (κ3) is 3.17. The average molecular weight is 301 g/mol. The first-order valence-corrected chi connectivity index (χ1v) is 7.97. The quantitative estimate of drug-likeness (QED) is 0.872. The molecule has 2 N–H and O–H groups in total. The van der Waals surface area contributed by atoms with Gasteiger partial charge < -0.3 is 15.2 Å². The Morgan fingerprint density at radius 2 is 1.86 bits per heavy atom. The van der Waals surface area contributed by atoms with E-state index in [-0.39, 0.29) is 6.04 Å². The van der Waals surface area contributed by atoms with E-state index in [9.17, 15) is 0 Å². The van der Waals surface area contributed by atoms with Crippen molar-refractivity contribution in [3.63, 3.8) is 0 Å². The van der Waals surface area contributed by atoms with Crippen molar-refractivity contribution in [2.75, 3.05) is 12.5 Å². The van der Waals surface area contributed by atoms with Gasteiger partial charge in [-0.15, -0.1) is 11.8 Å². The van der Waals surface area contributed by atoms with Crippen LogP contribution in [0.2, 0.25) is 0 Å². The molecule has 0 fully saturated rings. The summed E-state index contributed by atoms with van der Waals surface area (Å²) in [7, 11) is 0. The fourth-order valence-electron chi connectivity index (χ4n) is 2.23. The molecule has 1 aliphatic heterocycles. The van der Waals surface area contributed by atoms with Gasteiger partial charge in [-0.25, -0.2) is 0 Å². The van der Waals surface area contributed by atoms with Gasteiger partial charge in [-0.1, -0.05) is 12.1 Å². The maximum atomic E-state index is 6.29. The van der Waals surface area contributed by atoms with Crippen LogP contribution < -0.4 is 15.2 Å². The highest BCUT2D eigenvalue weighted by Gasteiger charge is 2.16. The minimum atomic E-state index is -0.0221. The summed E-state index contributed by atoms with van der Waals surface area (Å²) in [6, 6.07) is 12.4. The third-order valence-corrected chi connectivity index (χ3v) is 4.85. The Morgan fingerprint density at radius 1 is 1.05 bits per heavy atom. The van der Waals surface area contributed by atoms with E-state index >= 15 is 0 Å². The molecule has 2 aromatic carbocycles. The van der Waals surface area contributed by atoms with Crippen molar-refractivity contribution in [2.24, 2.45) is 5.73 Å². The molecule has 0 bridgehead atoms. The molecular formula is C17H19NO2S. The fraction of sp³-hybridized carbons (Fsp3) is 0.294. The van der Waals surface area contributed by atoms with Crippen LogP contribution in [0.4, 0.5) is 0 Å². The Morgan fingerprint density at radius 3 is 2.67 bits per heavy atom. The van der Waals surface area contributed by atoms with Gasteiger partial charge in [0.25, 0.3) is 0 Å². The second-order valence-electron chi connectivity index (χ2n) is 5.28. The van der Waals surface area contributed by atoms with E-state index in [1.54, 1.807) is 11.8 Å². The SMILES string of the molecule is Cc1ccc(SCC(N)c2ccc3c(c2)OCO3)cc1C. The minimum Gasteiger partial charge on any atom is -0.454 e. The summed E-state index contributed by atoms with van der Waals surface area (Å²) in [4.78, 5) is 1.26. The molecule has 0 aliphatic carbocycles. The number of thioether (sulfide) groups is 1. The number of ether oxygens (including phenoxy) is 2. The number of aryl methyl sites for hydroxylation is 2. The molecule has 1 unspecified atom stereocenters. The lowest BCUT2D eigenvalue weighted by atomic mass is 10.1. The van der Waals surface area contributed by atoms with Gasteiger partial charge in [0.1, 0.15) is 0 Å². The zero-order valence-electron chi connectivity index (χ0n) is 12.3. The van der Waals surface area contributed by atoms with E-state index < -0.39 is 0 Å². The molecule has 21 heavy (non-hydrogen) atoms. The Bertz CT molecular complexity index is 657. The van der Waals surface area contributed by atoms with Crippen LogP contribution in [-0.4, -0.2) is 12.5 Å². The van der Waals surface area contributed by atoms with Crippen LogP contribution in [0.5, 0.6) is 11.5 Å². The molecule has 3 nitrogen and oxygen atoms in total. The highest BCUT2D eigenvalue weighted by Crippen LogP contribution is 2.35. The summed E-state index contributed by atoms with van der Waals surface area (Å²) in [6.45, 7) is 4.56. The molecule has 0 spiro atoms. The smallest absolute Gasteiger partial charge is 0.231 e. The highest BCUT2D eigenvalue weighted by atomic mass is 32.2. The monoisotopic (exact) mass is 301 g/mol. The molecule has 0 saturated carbocycles. The Labute approximate surface area is 129 Å². The van der Waals surface area contributed by atoms with Crippen LogP contribution in [0.15, 0.2) is 41.3 Å². The van der Waals surface area contributed by atoms with E-state index in [1.807, 2.05) is 18.2 Å². The van der Waals surface area contributed by atoms with Crippen LogP contribution in [0, 0.1) is 13.8 Å². The molecule has 1 heterocycles. The molecular weight excluding hydrogens is 282 g/mol. The van der Waals surface area contributed by atoms with Gasteiger partial charge in [0, 0.05) is 16.7 Å². The van der Waals surface area contributed by atoms with Crippen molar-refractivity contribution >= 4 is 11.8 Å². The molecule has 1 atom stereocenters. The lowest BCUT2D eigenvalue weighted by Gasteiger charge is -2.13. The van der Waals surface area contributed by atoms with Crippen LogP contribution in [0.25, 0.3) is 0 Å². The van der Waals surface area contributed by atoms with Crippen LogP contribution in [0.1, 0.15) is 22.7 Å². The fourth-order valence-corrected chi connectivity index (χ4v) is 3.22. The summed E-state index contributed by atoms with van der Waals surface area (Å²) < 4.78 is 10.7. The van der Waals surface area contributed by atoms with Crippen LogP contribution in [0.3, 0.4) is 0 Å². The van der Waals surface area contributed by atoms with Crippen molar-refractivity contribution in [2.45, 2.75) is 24.8 Å². The van der Waals surface area contributed by atoms with Crippen molar-refractivity contribution in [3.05, 3.63) is 53.1 Å². The molecule has 3 rings (SSSR count). The number of hydrogen-bond acceptors (Lipinski definition) is 4. The van der Waals surface area contributed by atoms with Gasteiger partial charge >= 0.3 is 0 Å². The Kier molecular flexibility index (Phi) is 4.08. The molecule has 0 radical (unpaired) electrons. The summed E-state index contributed by atoms with van der Waals surface area (Å²) in [6.07, 6.45) is 0. The number of hydrogen-bond donors (Lipinski definition) is 1. The van der Waals surface area contributed by atoms with E-state index in [0.717, 1.165) is 22.8 Å². The summed E-state index contributed by atoms with van der Waals surface area (Å²) >= 11 is 1.78. The second kappa shape index (κ2) is 6.00. The molecule has 2 aromatic rings. The zero-order valence-corrected chi connectivity index (χ0v) is 13.1. The largest absolute Gasteiger partial charge is 0.454 e. The Hall–Kier alpha value is -1.65. The van der Waals surface area contributed by atoms with Crippen LogP contribution in [-0.2, 0) is 0 Å². The van der Waals surface area contributed by atoms with E-state index in [2.05, 4.69) is 32.0 Å². The number of benzene rings is 2. The molecule has 4 heteroatoms. The zero-order chi connectivity index (χ0) is 14.8. The maximum absolute atomic E-state index is 6.29. The van der Waals surface area contributed by atoms with Gasteiger partial charge in [-0.2, -0.15) is 0 Å². The summed E-state index contributed by atoms with van der Waals surface area (Å²) in [5, 5.41) is 0. The first-order chi connectivity index (χ1) is 10.1. The molecule has 1 aliphatic rings. The molecule has 110 valence electrons. The van der Waals surface area contributed by atoms with Gasteiger partial charge in [0.15, 0.2) is 11.5 Å². The standard InChI is InChI=1S/C17H19NO2S/c1-11-3-5-14(7-12(11)2)21-9-15(18)13-4-6-16-17(8-13)20-10-19-16/h3-8,15H,9-10,18H2,1-2H3. The van der Waals surface area contributed by atoms with Crippen molar-refractivity contribution < 1.29 is 9.47 Å². The van der Waals surface area contributed by atoms with Crippen molar-refractivity contribution in [3.8, 4) is 11.5 Å². The predicted molar refractivity (Wildman–Crippen MR) is 86.1 cm³/mol. The van der Waals surface area contributed by atoms with Crippen molar-refractivity contribution in [1.29, 1.82) is 0 Å². The second-order valence-corrected chi connectivity index (χ2v) is 6.37. The lowest BCUT2D eigenvalue weighted by molar-refractivity contribution is 0.174. The molecule has 0 amide bonds. The van der Waals surface area contributed by atoms with Gasteiger partial charge in [0.05, 0.1) is 0 Å². The Balaban J connectivity index is 1.66. The number of nitrogens with two attached hydrogens (primary N) is 1. The summed E-state index contributed by atoms with van der Waals surface area (Å²) in [5.74, 6) is 2.43. The van der Waals surface area contributed by atoms with Gasteiger partial charge in [0.2, 0.25) is 6.79 Å². The normalized spacial score (nSPS) is 14.2. The van der Waals surface area contributed by atoms with E-state index in [1.165, 1.54) is 16.0 Å². The van der Waals surface area contributed by atoms with Crippen molar-refractivity contribution in [1.82, 2.24) is 0 Å². The number of fused-ring (bicyclic) bond motifs is 1. The lowest BCUT2D eigenvalue weighted by Crippen LogP contribution is -2.12. The minimum absolute atomic E-state index is 0.0221. The maximum Gasteiger partial charge on any atom is 0.231 e. The van der Waals surface area contributed by atoms with Crippen LogP contribution >= 0.6 is 11.8 Å². The molecule has 0 saturated heterocycles. The highest BCUT2D eigenvalue weighted by molar-refractivity contribution is 7.99. The van der Waals surface area contributed by atoms with E-state index in [0.29, 0.717) is 6.79 Å². The van der Waals surface area contributed by atoms with Gasteiger partial charge in [-0.05, 0) is 54.8 Å². The predicted octanol–water partition coefficient (Wildman–Crippen LogP) is 3.82.